The number of esters is 2. The van der Waals surface area contributed by atoms with E-state index in [2.05, 4.69) is 41.8 Å². The summed E-state index contributed by atoms with van der Waals surface area (Å²) in [6.45, 7) is 3.35. The highest BCUT2D eigenvalue weighted by atomic mass is 79.9. The lowest BCUT2D eigenvalue weighted by Crippen LogP contribution is -2.45. The number of nitrogens with one attached hydrogen (secondary N) is 3. The van der Waals surface area contributed by atoms with Gasteiger partial charge < -0.3 is 39.4 Å². The molecule has 3 rings (SSSR count). The van der Waals surface area contributed by atoms with Crippen molar-refractivity contribution in [2.24, 2.45) is 5.10 Å². The summed E-state index contributed by atoms with van der Waals surface area (Å²) in [7, 11) is 2.54. The van der Waals surface area contributed by atoms with Crippen molar-refractivity contribution in [1.29, 1.82) is 0 Å². The van der Waals surface area contributed by atoms with E-state index in [1.807, 2.05) is 0 Å². The monoisotopic (exact) mass is 634 g/mol. The Morgan fingerprint density at radius 3 is 2.54 bits per heavy atom. The van der Waals surface area contributed by atoms with E-state index in [-0.39, 0.29) is 18.8 Å². The molecule has 0 saturated heterocycles. The maximum atomic E-state index is 12.4. The molecule has 0 aliphatic carbocycles. The molecule has 1 aliphatic heterocycles. The molecule has 0 bridgehead atoms. The Bertz CT molecular complexity index is 1330. The van der Waals surface area contributed by atoms with E-state index in [4.69, 9.17) is 18.9 Å². The summed E-state index contributed by atoms with van der Waals surface area (Å²) in [4.78, 5) is 35.7. The molecule has 1 aliphatic rings. The largest absolute Gasteiger partial charge is 0.490 e. The molecule has 13 nitrogen and oxygen atoms in total. The van der Waals surface area contributed by atoms with Crippen LogP contribution in [-0.2, 0) is 19.1 Å². The van der Waals surface area contributed by atoms with Crippen molar-refractivity contribution >= 4 is 40.1 Å². The van der Waals surface area contributed by atoms with Crippen molar-refractivity contribution in [3.63, 3.8) is 0 Å². The number of aliphatic hydroxyl groups excluding tert-OH is 1. The van der Waals surface area contributed by atoms with Crippen LogP contribution in [0.5, 0.6) is 17.2 Å². The van der Waals surface area contributed by atoms with Crippen molar-refractivity contribution in [3.8, 4) is 17.2 Å². The summed E-state index contributed by atoms with van der Waals surface area (Å²) in [5, 5.41) is 19.6. The highest BCUT2D eigenvalue weighted by molar-refractivity contribution is 9.10. The van der Waals surface area contributed by atoms with Gasteiger partial charge in [-0.05, 0) is 71.2 Å². The second kappa shape index (κ2) is 14.9. The first kappa shape index (κ1) is 31.2. The number of urea groups is 1. The van der Waals surface area contributed by atoms with E-state index >= 15 is 0 Å². The van der Waals surface area contributed by atoms with E-state index in [0.29, 0.717) is 45.2 Å². The van der Waals surface area contributed by atoms with Gasteiger partial charge in [-0.25, -0.2) is 14.4 Å². The van der Waals surface area contributed by atoms with E-state index in [1.165, 1.54) is 20.4 Å². The molecule has 0 radical (unpaired) electrons. The molecule has 0 saturated carbocycles. The maximum absolute atomic E-state index is 12.4. The molecule has 0 fully saturated rings. The van der Waals surface area contributed by atoms with Crippen molar-refractivity contribution in [1.82, 2.24) is 16.1 Å². The molecule has 14 heteroatoms. The number of hydrogen-bond donors (Lipinski definition) is 4. The zero-order valence-corrected chi connectivity index (χ0v) is 24.4. The number of hydrazone groups is 1. The highest BCUT2D eigenvalue weighted by Crippen LogP contribution is 2.35. The zero-order valence-electron chi connectivity index (χ0n) is 22.9. The Morgan fingerprint density at radius 2 is 1.85 bits per heavy atom. The fraction of sp³-hybridized carbons (Fsp3) is 0.333. The lowest BCUT2D eigenvalue weighted by atomic mass is 9.95. The number of hydrogen-bond acceptors (Lipinski definition) is 11. The van der Waals surface area contributed by atoms with Crippen molar-refractivity contribution in [2.75, 3.05) is 34.0 Å². The molecule has 220 valence electrons. The van der Waals surface area contributed by atoms with Gasteiger partial charge in [0.1, 0.15) is 12.4 Å². The highest BCUT2D eigenvalue weighted by Gasteiger charge is 2.32. The minimum atomic E-state index is -1.16. The maximum Gasteiger partial charge on any atom is 0.343 e. The first-order valence-corrected chi connectivity index (χ1v) is 13.2. The van der Waals surface area contributed by atoms with Crippen LogP contribution in [-0.4, -0.2) is 69.6 Å². The van der Waals surface area contributed by atoms with Gasteiger partial charge in [0, 0.05) is 5.70 Å². The number of carbonyl (C=O) groups is 3. The summed E-state index contributed by atoms with van der Waals surface area (Å²) < 4.78 is 26.9. The molecule has 2 amide bonds. The average Bonchev–Trinajstić information content (AvgIpc) is 2.95. The first-order valence-electron chi connectivity index (χ1n) is 12.4. The molecule has 2 aromatic carbocycles. The Kier molecular flexibility index (Phi) is 11.4. The first-order chi connectivity index (χ1) is 19.7. The predicted molar refractivity (Wildman–Crippen MR) is 151 cm³/mol. The summed E-state index contributed by atoms with van der Waals surface area (Å²) in [5.41, 5.74) is 4.48. The van der Waals surface area contributed by atoms with Gasteiger partial charge in [0.2, 0.25) is 0 Å². The average molecular weight is 635 g/mol. The van der Waals surface area contributed by atoms with Crippen LogP contribution >= 0.6 is 15.9 Å². The Morgan fingerprint density at radius 1 is 1.10 bits per heavy atom. The Balaban J connectivity index is 1.63. The van der Waals surface area contributed by atoms with Crippen LogP contribution in [0.15, 0.2) is 57.2 Å². The lowest BCUT2D eigenvalue weighted by Gasteiger charge is -2.28. The van der Waals surface area contributed by atoms with Gasteiger partial charge in [0.25, 0.3) is 0 Å². The number of amides is 2. The van der Waals surface area contributed by atoms with Gasteiger partial charge in [-0.15, -0.1) is 0 Å². The third-order valence-electron chi connectivity index (χ3n) is 5.64. The molecular formula is C27H31BrN4O9. The van der Waals surface area contributed by atoms with E-state index in [9.17, 15) is 19.5 Å². The topological polar surface area (TPSA) is 166 Å². The fourth-order valence-electron chi connectivity index (χ4n) is 3.73. The number of halogens is 1. The van der Waals surface area contributed by atoms with Crippen molar-refractivity contribution < 1.29 is 43.2 Å². The summed E-state index contributed by atoms with van der Waals surface area (Å²) in [6.07, 6.45) is 0.326. The van der Waals surface area contributed by atoms with Crippen LogP contribution in [0.4, 0.5) is 4.79 Å². The molecule has 2 aromatic rings. The number of rotatable bonds is 13. The van der Waals surface area contributed by atoms with Crippen LogP contribution in [0, 0.1) is 0 Å². The number of nitrogens with zero attached hydrogens (tertiary/aromatic N) is 1. The standard InChI is InChI=1S/C27H31BrN4O9/c1-5-39-21-11-17(25-24(26(35)38-4)15(2)30-27(36)31-25)7-9-20(21)40-13-22(33)32-29-12-16-6-8-19(18(28)10-16)41-14-23(34)37-3/h6-12,22,25,32-33H,5,13-14H2,1-4H3,(H2,30,31,36)/b29-12-/t22-,25-/m0/s1. The third kappa shape index (κ3) is 8.59. The number of carbonyl (C=O) groups excluding carboxylic acids is 3. The summed E-state index contributed by atoms with van der Waals surface area (Å²) in [5.74, 6) is 0.0770. The molecule has 4 N–H and O–H groups in total. The van der Waals surface area contributed by atoms with E-state index in [1.54, 1.807) is 50.2 Å². The molecule has 41 heavy (non-hydrogen) atoms. The quantitative estimate of drug-likeness (QED) is 0.111. The SMILES string of the molecule is CCOc1cc([C@@H]2NC(=O)NC(C)=C2C(=O)OC)ccc1OC[C@H](O)N/N=C\c1ccc(OCC(=O)OC)c(Br)c1. The van der Waals surface area contributed by atoms with Crippen LogP contribution in [0.25, 0.3) is 0 Å². The normalized spacial score (nSPS) is 15.5. The number of ether oxygens (including phenoxy) is 5. The Labute approximate surface area is 244 Å². The molecule has 0 aromatic heterocycles. The van der Waals surface area contributed by atoms with Crippen LogP contribution in [0.1, 0.15) is 31.0 Å². The fourth-order valence-corrected chi connectivity index (χ4v) is 4.24. The van der Waals surface area contributed by atoms with E-state index in [0.717, 1.165) is 0 Å². The number of methoxy groups -OCH3 is 2. The molecule has 1 heterocycles. The zero-order chi connectivity index (χ0) is 29.9. The third-order valence-corrected chi connectivity index (χ3v) is 6.26. The van der Waals surface area contributed by atoms with Crippen molar-refractivity contribution in [3.05, 3.63) is 63.3 Å². The predicted octanol–water partition coefficient (Wildman–Crippen LogP) is 2.52. The second-order valence-electron chi connectivity index (χ2n) is 8.47. The number of benzene rings is 2. The summed E-state index contributed by atoms with van der Waals surface area (Å²) >= 11 is 3.37. The minimum Gasteiger partial charge on any atom is -0.490 e. The smallest absolute Gasteiger partial charge is 0.343 e. The number of aliphatic hydroxyl groups is 1. The van der Waals surface area contributed by atoms with Crippen LogP contribution in [0.3, 0.4) is 0 Å². The van der Waals surface area contributed by atoms with Gasteiger partial charge in [0.05, 0.1) is 43.1 Å². The van der Waals surface area contributed by atoms with Gasteiger partial charge in [-0.2, -0.15) is 5.10 Å². The summed E-state index contributed by atoms with van der Waals surface area (Å²) in [6, 6.07) is 8.84. The molecular weight excluding hydrogens is 604 g/mol. The van der Waals surface area contributed by atoms with E-state index < -0.39 is 30.2 Å². The van der Waals surface area contributed by atoms with Crippen molar-refractivity contribution in [2.45, 2.75) is 26.1 Å². The van der Waals surface area contributed by atoms with Gasteiger partial charge in [-0.1, -0.05) is 6.07 Å². The molecule has 2 atom stereocenters. The van der Waals surface area contributed by atoms with Gasteiger partial charge in [0.15, 0.2) is 24.3 Å². The van der Waals surface area contributed by atoms with Gasteiger partial charge >= 0.3 is 18.0 Å². The van der Waals surface area contributed by atoms with Gasteiger partial charge in [-0.3, -0.25) is 5.43 Å². The van der Waals surface area contributed by atoms with Crippen LogP contribution in [0.2, 0.25) is 0 Å². The Hall–Kier alpha value is -4.30. The minimum absolute atomic E-state index is 0.169. The number of allylic oxidation sites excluding steroid dienone is 1. The lowest BCUT2D eigenvalue weighted by molar-refractivity contribution is -0.143. The molecule has 0 unspecified atom stereocenters. The molecule has 0 spiro atoms. The van der Waals surface area contributed by atoms with Crippen LogP contribution < -0.4 is 30.3 Å². The second-order valence-corrected chi connectivity index (χ2v) is 9.32.